The Kier molecular flexibility index (Phi) is 8.11. The molecule has 11 heteroatoms. The van der Waals surface area contributed by atoms with Gasteiger partial charge >= 0.3 is 0 Å². The summed E-state index contributed by atoms with van der Waals surface area (Å²) in [7, 11) is -7.06. The van der Waals surface area contributed by atoms with Gasteiger partial charge < -0.3 is 10.1 Å². The summed E-state index contributed by atoms with van der Waals surface area (Å²) in [5, 5.41) is 2.65. The quantitative estimate of drug-likeness (QED) is 0.542. The second kappa shape index (κ2) is 10.6. The van der Waals surface area contributed by atoms with E-state index in [0.717, 1.165) is 12.8 Å². The van der Waals surface area contributed by atoms with Crippen LogP contribution >= 0.6 is 0 Å². The van der Waals surface area contributed by atoms with Crippen LogP contribution in [0.15, 0.2) is 58.3 Å². The predicted molar refractivity (Wildman–Crippen MR) is 125 cm³/mol. The number of hydrogen-bond donors (Lipinski definition) is 1. The highest BCUT2D eigenvalue weighted by Crippen LogP contribution is 2.22. The van der Waals surface area contributed by atoms with E-state index in [-0.39, 0.29) is 16.4 Å². The Balaban J connectivity index is 1.55. The molecule has 0 unspecified atom stereocenters. The highest BCUT2D eigenvalue weighted by atomic mass is 32.2. The lowest BCUT2D eigenvalue weighted by molar-refractivity contribution is -0.118. The smallest absolute Gasteiger partial charge is 0.262 e. The molecule has 1 heterocycles. The molecule has 1 amide bonds. The molecule has 0 bridgehead atoms. The van der Waals surface area contributed by atoms with Crippen LogP contribution in [0.2, 0.25) is 0 Å². The molecular formula is C22H29N3O6S2. The highest BCUT2D eigenvalue weighted by molar-refractivity contribution is 7.89. The van der Waals surface area contributed by atoms with Crippen molar-refractivity contribution < 1.29 is 26.4 Å². The van der Waals surface area contributed by atoms with Gasteiger partial charge in [-0.25, -0.2) is 16.8 Å². The van der Waals surface area contributed by atoms with Crippen LogP contribution < -0.4 is 10.1 Å². The predicted octanol–water partition coefficient (Wildman–Crippen LogP) is 2.52. The van der Waals surface area contributed by atoms with Crippen molar-refractivity contribution in [1.82, 2.24) is 8.61 Å². The molecule has 0 saturated carbocycles. The molecule has 180 valence electrons. The third-order valence-corrected chi connectivity index (χ3v) is 9.35. The lowest BCUT2D eigenvalue weighted by Crippen LogP contribution is -2.30. The average molecular weight is 496 g/mol. The zero-order chi connectivity index (χ0) is 24.1. The monoisotopic (exact) mass is 495 g/mol. The van der Waals surface area contributed by atoms with Gasteiger partial charge in [-0.15, -0.1) is 0 Å². The molecule has 0 atom stereocenters. The van der Waals surface area contributed by atoms with E-state index in [1.807, 2.05) is 0 Å². The van der Waals surface area contributed by atoms with E-state index in [0.29, 0.717) is 37.6 Å². The Hall–Kier alpha value is -2.47. The van der Waals surface area contributed by atoms with Gasteiger partial charge in [0.05, 0.1) is 9.79 Å². The number of rotatable bonds is 10. The first-order valence-electron chi connectivity index (χ1n) is 10.8. The molecule has 0 radical (unpaired) electrons. The molecule has 1 saturated heterocycles. The number of nitrogens with zero attached hydrogens (tertiary/aromatic N) is 2. The number of nitrogens with one attached hydrogen (secondary N) is 1. The maximum absolute atomic E-state index is 12.6. The van der Waals surface area contributed by atoms with Gasteiger partial charge in [0.25, 0.3) is 5.91 Å². The van der Waals surface area contributed by atoms with Crippen molar-refractivity contribution in [3.8, 4) is 5.75 Å². The lowest BCUT2D eigenvalue weighted by atomic mass is 10.3. The number of carbonyl (C=O) groups is 1. The fraction of sp³-hybridized carbons (Fsp3) is 0.409. The van der Waals surface area contributed by atoms with Gasteiger partial charge in [-0.2, -0.15) is 8.61 Å². The Labute approximate surface area is 195 Å². The van der Waals surface area contributed by atoms with Gasteiger partial charge in [0.15, 0.2) is 6.61 Å². The lowest BCUT2D eigenvalue weighted by Gasteiger charge is -2.18. The molecule has 1 aliphatic heterocycles. The summed E-state index contributed by atoms with van der Waals surface area (Å²) in [6.07, 6.45) is 1.73. The number of carbonyl (C=O) groups excluding carboxylic acids is 1. The first-order chi connectivity index (χ1) is 15.7. The van der Waals surface area contributed by atoms with Crippen LogP contribution in [-0.2, 0) is 24.8 Å². The molecule has 2 aromatic rings. The summed E-state index contributed by atoms with van der Waals surface area (Å²) in [6, 6.07) is 11.9. The first kappa shape index (κ1) is 25.2. The van der Waals surface area contributed by atoms with E-state index in [2.05, 4.69) is 5.32 Å². The number of benzene rings is 2. The first-order valence-corrected chi connectivity index (χ1v) is 13.7. The fourth-order valence-electron chi connectivity index (χ4n) is 3.55. The second-order valence-corrected chi connectivity index (χ2v) is 11.4. The van der Waals surface area contributed by atoms with E-state index >= 15 is 0 Å². The van der Waals surface area contributed by atoms with Crippen molar-refractivity contribution in [2.24, 2.45) is 0 Å². The van der Waals surface area contributed by atoms with Crippen LogP contribution in [0.5, 0.6) is 5.75 Å². The summed E-state index contributed by atoms with van der Waals surface area (Å²) < 4.78 is 58.4. The minimum absolute atomic E-state index is 0.159. The third-order valence-electron chi connectivity index (χ3n) is 5.38. The van der Waals surface area contributed by atoms with Crippen molar-refractivity contribution in [3.63, 3.8) is 0 Å². The summed E-state index contributed by atoms with van der Waals surface area (Å²) in [5.74, 6) is -0.0688. The second-order valence-electron chi connectivity index (χ2n) is 7.53. The SMILES string of the molecule is CCN(CC)S(=O)(=O)c1ccc(OCC(=O)Nc2ccc(S(=O)(=O)N3CCCC3)cc2)cc1. The number of sulfonamides is 2. The molecular weight excluding hydrogens is 466 g/mol. The molecule has 0 spiro atoms. The zero-order valence-corrected chi connectivity index (χ0v) is 20.4. The highest BCUT2D eigenvalue weighted by Gasteiger charge is 2.27. The maximum atomic E-state index is 12.6. The number of anilines is 1. The van der Waals surface area contributed by atoms with Gasteiger partial charge in [0, 0.05) is 31.9 Å². The van der Waals surface area contributed by atoms with Crippen molar-refractivity contribution in [1.29, 1.82) is 0 Å². The van der Waals surface area contributed by atoms with Crippen molar-refractivity contribution in [2.45, 2.75) is 36.5 Å². The van der Waals surface area contributed by atoms with Crippen LogP contribution in [0.25, 0.3) is 0 Å². The van der Waals surface area contributed by atoms with Crippen LogP contribution in [-0.4, -0.2) is 64.1 Å². The van der Waals surface area contributed by atoms with Gasteiger partial charge in [-0.1, -0.05) is 13.8 Å². The molecule has 1 aliphatic rings. The van der Waals surface area contributed by atoms with Crippen molar-refractivity contribution in [2.75, 3.05) is 38.1 Å². The molecule has 2 aromatic carbocycles. The van der Waals surface area contributed by atoms with Crippen molar-refractivity contribution >= 4 is 31.6 Å². The van der Waals surface area contributed by atoms with E-state index in [4.69, 9.17) is 4.74 Å². The number of ether oxygens (including phenoxy) is 1. The fourth-order valence-corrected chi connectivity index (χ4v) is 6.53. The molecule has 3 rings (SSSR count). The largest absolute Gasteiger partial charge is 0.484 e. The van der Waals surface area contributed by atoms with Gasteiger partial charge in [0.2, 0.25) is 20.0 Å². The van der Waals surface area contributed by atoms with Gasteiger partial charge in [-0.05, 0) is 61.4 Å². The average Bonchev–Trinajstić information content (AvgIpc) is 3.35. The topological polar surface area (TPSA) is 113 Å². The summed E-state index contributed by atoms with van der Waals surface area (Å²) in [4.78, 5) is 12.6. The van der Waals surface area contributed by atoms with Crippen molar-refractivity contribution in [3.05, 3.63) is 48.5 Å². The summed E-state index contributed by atoms with van der Waals surface area (Å²) in [6.45, 7) is 5.08. The van der Waals surface area contributed by atoms with Crippen LogP contribution in [0.4, 0.5) is 5.69 Å². The van der Waals surface area contributed by atoms with E-state index in [9.17, 15) is 21.6 Å². The third kappa shape index (κ3) is 5.91. The Morgan fingerprint density at radius 1 is 0.909 bits per heavy atom. The minimum Gasteiger partial charge on any atom is -0.484 e. The Bertz CT molecular complexity index is 1150. The van der Waals surface area contributed by atoms with E-state index in [1.165, 1.54) is 57.1 Å². The Morgan fingerprint density at radius 2 is 1.45 bits per heavy atom. The maximum Gasteiger partial charge on any atom is 0.262 e. The van der Waals surface area contributed by atoms with E-state index in [1.54, 1.807) is 13.8 Å². The van der Waals surface area contributed by atoms with Crippen LogP contribution in [0.3, 0.4) is 0 Å². The molecule has 1 fully saturated rings. The number of hydrogen-bond acceptors (Lipinski definition) is 6. The molecule has 33 heavy (non-hydrogen) atoms. The van der Waals surface area contributed by atoms with Crippen LogP contribution in [0.1, 0.15) is 26.7 Å². The van der Waals surface area contributed by atoms with Gasteiger partial charge in [-0.3, -0.25) is 4.79 Å². The molecule has 0 aromatic heterocycles. The standard InChI is InChI=1S/C22H29N3O6S2/c1-3-24(4-2)32(27,28)21-13-9-19(10-14-21)31-17-22(26)23-18-7-11-20(12-8-18)33(29,30)25-15-5-6-16-25/h7-14H,3-6,15-17H2,1-2H3,(H,23,26). The van der Waals surface area contributed by atoms with E-state index < -0.39 is 26.0 Å². The summed E-state index contributed by atoms with van der Waals surface area (Å²) in [5.41, 5.74) is 0.449. The summed E-state index contributed by atoms with van der Waals surface area (Å²) >= 11 is 0. The van der Waals surface area contributed by atoms with Gasteiger partial charge in [0.1, 0.15) is 5.75 Å². The normalized spacial score (nSPS) is 15.0. The minimum atomic E-state index is -3.56. The molecule has 1 N–H and O–H groups in total. The molecule has 0 aliphatic carbocycles. The Morgan fingerprint density at radius 3 is 2.00 bits per heavy atom. The molecule has 9 nitrogen and oxygen atoms in total. The van der Waals surface area contributed by atoms with Crippen LogP contribution in [0, 0.1) is 0 Å². The zero-order valence-electron chi connectivity index (χ0n) is 18.7. The number of amides is 1.